The lowest BCUT2D eigenvalue weighted by molar-refractivity contribution is 0.199. The van der Waals surface area contributed by atoms with Crippen LogP contribution in [0.15, 0.2) is 30.3 Å². The van der Waals surface area contributed by atoms with Gasteiger partial charge in [-0.05, 0) is 49.9 Å². The minimum Gasteiger partial charge on any atom is -0.384 e. The minimum atomic E-state index is 0.510. The second kappa shape index (κ2) is 6.06. The summed E-state index contributed by atoms with van der Waals surface area (Å²) in [6, 6.07) is 10.6. The Kier molecular flexibility index (Phi) is 4.43. The van der Waals surface area contributed by atoms with Gasteiger partial charge in [0.2, 0.25) is 0 Å². The Morgan fingerprint density at radius 1 is 1.18 bits per heavy atom. The molecule has 1 aliphatic rings. The van der Waals surface area contributed by atoms with Crippen LogP contribution in [0.25, 0.3) is 0 Å². The zero-order valence-electron chi connectivity index (χ0n) is 10.8. The molecular formula is C15H24N2. The molecule has 0 amide bonds. The van der Waals surface area contributed by atoms with Gasteiger partial charge in [-0.3, -0.25) is 0 Å². The first-order valence-corrected chi connectivity index (χ1v) is 6.84. The molecule has 0 aliphatic carbocycles. The van der Waals surface area contributed by atoms with Gasteiger partial charge in [-0.25, -0.2) is 0 Å². The van der Waals surface area contributed by atoms with Crippen LogP contribution in [0, 0.1) is 5.41 Å². The molecule has 1 aliphatic heterocycles. The molecule has 0 saturated carbocycles. The number of hydrogen-bond donors (Lipinski definition) is 2. The molecule has 1 saturated heterocycles. The van der Waals surface area contributed by atoms with E-state index in [0.717, 1.165) is 6.54 Å². The SMILES string of the molecule is CCCC1(CNc2ccccc2)CCNCC1. The Morgan fingerprint density at radius 2 is 1.88 bits per heavy atom. The van der Waals surface area contributed by atoms with E-state index in [9.17, 15) is 0 Å². The van der Waals surface area contributed by atoms with Crippen LogP contribution in [0.5, 0.6) is 0 Å². The third kappa shape index (κ3) is 3.47. The van der Waals surface area contributed by atoms with Crippen LogP contribution in [0.1, 0.15) is 32.6 Å². The van der Waals surface area contributed by atoms with Gasteiger partial charge in [0.15, 0.2) is 0 Å². The molecule has 0 bridgehead atoms. The number of piperidine rings is 1. The van der Waals surface area contributed by atoms with E-state index in [2.05, 4.69) is 47.9 Å². The van der Waals surface area contributed by atoms with Crippen molar-refractivity contribution in [1.82, 2.24) is 5.32 Å². The van der Waals surface area contributed by atoms with Crippen molar-refractivity contribution in [3.63, 3.8) is 0 Å². The van der Waals surface area contributed by atoms with Gasteiger partial charge in [0, 0.05) is 12.2 Å². The maximum Gasteiger partial charge on any atom is 0.0340 e. The highest BCUT2D eigenvalue weighted by Gasteiger charge is 2.30. The summed E-state index contributed by atoms with van der Waals surface area (Å²) in [6.45, 7) is 5.77. The number of nitrogens with one attached hydrogen (secondary N) is 2. The molecular weight excluding hydrogens is 208 g/mol. The van der Waals surface area contributed by atoms with Gasteiger partial charge in [0.25, 0.3) is 0 Å². The van der Waals surface area contributed by atoms with E-state index in [4.69, 9.17) is 0 Å². The number of hydrogen-bond acceptors (Lipinski definition) is 2. The molecule has 1 aromatic rings. The summed E-state index contributed by atoms with van der Waals surface area (Å²) in [5.74, 6) is 0. The van der Waals surface area contributed by atoms with Gasteiger partial charge in [0.05, 0.1) is 0 Å². The van der Waals surface area contributed by atoms with Crippen LogP contribution >= 0.6 is 0 Å². The second-order valence-electron chi connectivity index (χ2n) is 5.22. The van der Waals surface area contributed by atoms with Crippen molar-refractivity contribution in [3.8, 4) is 0 Å². The lowest BCUT2D eigenvalue weighted by Gasteiger charge is -2.38. The van der Waals surface area contributed by atoms with Crippen molar-refractivity contribution >= 4 is 5.69 Å². The molecule has 0 aromatic heterocycles. The van der Waals surface area contributed by atoms with E-state index in [-0.39, 0.29) is 0 Å². The Morgan fingerprint density at radius 3 is 2.53 bits per heavy atom. The summed E-state index contributed by atoms with van der Waals surface area (Å²) >= 11 is 0. The molecule has 1 aromatic carbocycles. The Hall–Kier alpha value is -1.02. The number of anilines is 1. The lowest BCUT2D eigenvalue weighted by atomic mass is 9.75. The van der Waals surface area contributed by atoms with Crippen molar-refractivity contribution in [2.75, 3.05) is 25.0 Å². The van der Waals surface area contributed by atoms with Crippen LogP contribution in [-0.4, -0.2) is 19.6 Å². The third-order valence-corrected chi connectivity index (χ3v) is 3.89. The Balaban J connectivity index is 1.93. The maximum absolute atomic E-state index is 3.61. The summed E-state index contributed by atoms with van der Waals surface area (Å²) in [5.41, 5.74) is 1.76. The van der Waals surface area contributed by atoms with Crippen molar-refractivity contribution in [1.29, 1.82) is 0 Å². The van der Waals surface area contributed by atoms with Gasteiger partial charge >= 0.3 is 0 Å². The summed E-state index contributed by atoms with van der Waals surface area (Å²) < 4.78 is 0. The lowest BCUT2D eigenvalue weighted by Crippen LogP contribution is -2.41. The van der Waals surface area contributed by atoms with Gasteiger partial charge in [-0.15, -0.1) is 0 Å². The Labute approximate surface area is 105 Å². The van der Waals surface area contributed by atoms with Gasteiger partial charge in [0.1, 0.15) is 0 Å². The molecule has 0 radical (unpaired) electrons. The average Bonchev–Trinajstić information content (AvgIpc) is 2.39. The van der Waals surface area contributed by atoms with Crippen molar-refractivity contribution in [2.45, 2.75) is 32.6 Å². The zero-order chi connectivity index (χ0) is 12.0. The monoisotopic (exact) mass is 232 g/mol. The normalized spacial score (nSPS) is 18.9. The first kappa shape index (κ1) is 12.4. The molecule has 2 nitrogen and oxygen atoms in total. The highest BCUT2D eigenvalue weighted by Crippen LogP contribution is 2.34. The minimum absolute atomic E-state index is 0.510. The van der Waals surface area contributed by atoms with Crippen LogP contribution in [0.3, 0.4) is 0 Å². The number of rotatable bonds is 5. The van der Waals surface area contributed by atoms with Gasteiger partial charge in [-0.2, -0.15) is 0 Å². The molecule has 2 rings (SSSR count). The smallest absolute Gasteiger partial charge is 0.0340 e. The van der Waals surface area contributed by atoms with E-state index >= 15 is 0 Å². The van der Waals surface area contributed by atoms with Crippen LogP contribution in [0.4, 0.5) is 5.69 Å². The van der Waals surface area contributed by atoms with Crippen LogP contribution in [-0.2, 0) is 0 Å². The molecule has 0 spiro atoms. The van der Waals surface area contributed by atoms with E-state index in [0.29, 0.717) is 5.41 Å². The van der Waals surface area contributed by atoms with E-state index in [1.54, 1.807) is 0 Å². The van der Waals surface area contributed by atoms with Crippen molar-refractivity contribution in [3.05, 3.63) is 30.3 Å². The summed E-state index contributed by atoms with van der Waals surface area (Å²) in [6.07, 6.45) is 5.24. The van der Waals surface area contributed by atoms with Crippen LogP contribution < -0.4 is 10.6 Å². The quantitative estimate of drug-likeness (QED) is 0.814. The number of para-hydroxylation sites is 1. The molecule has 17 heavy (non-hydrogen) atoms. The fourth-order valence-corrected chi connectivity index (χ4v) is 2.85. The molecule has 1 fully saturated rings. The Bertz CT molecular complexity index is 309. The molecule has 1 heterocycles. The van der Waals surface area contributed by atoms with Gasteiger partial charge < -0.3 is 10.6 Å². The molecule has 2 heteroatoms. The first-order valence-electron chi connectivity index (χ1n) is 6.84. The second-order valence-corrected chi connectivity index (χ2v) is 5.22. The largest absolute Gasteiger partial charge is 0.384 e. The first-order chi connectivity index (χ1) is 8.35. The molecule has 2 N–H and O–H groups in total. The van der Waals surface area contributed by atoms with E-state index in [1.165, 1.54) is 44.5 Å². The van der Waals surface area contributed by atoms with Gasteiger partial charge in [-0.1, -0.05) is 31.5 Å². The summed E-state index contributed by atoms with van der Waals surface area (Å²) in [4.78, 5) is 0. The summed E-state index contributed by atoms with van der Waals surface area (Å²) in [7, 11) is 0. The van der Waals surface area contributed by atoms with E-state index in [1.807, 2.05) is 0 Å². The maximum atomic E-state index is 3.61. The predicted octanol–water partition coefficient (Wildman–Crippen LogP) is 3.27. The zero-order valence-corrected chi connectivity index (χ0v) is 10.8. The predicted molar refractivity (Wildman–Crippen MR) is 74.4 cm³/mol. The average molecular weight is 232 g/mol. The molecule has 94 valence electrons. The molecule has 0 atom stereocenters. The fourth-order valence-electron chi connectivity index (χ4n) is 2.85. The fraction of sp³-hybridized carbons (Fsp3) is 0.600. The number of benzene rings is 1. The van der Waals surface area contributed by atoms with Crippen molar-refractivity contribution < 1.29 is 0 Å². The van der Waals surface area contributed by atoms with E-state index < -0.39 is 0 Å². The van der Waals surface area contributed by atoms with Crippen molar-refractivity contribution in [2.24, 2.45) is 5.41 Å². The highest BCUT2D eigenvalue weighted by molar-refractivity contribution is 5.42. The standard InChI is InChI=1S/C15H24N2/c1-2-8-15(9-11-16-12-10-15)13-17-14-6-4-3-5-7-14/h3-7,16-17H,2,8-13H2,1H3. The highest BCUT2D eigenvalue weighted by atomic mass is 14.9. The molecule has 0 unspecified atom stereocenters. The van der Waals surface area contributed by atoms with Crippen LogP contribution in [0.2, 0.25) is 0 Å². The third-order valence-electron chi connectivity index (χ3n) is 3.89. The summed E-state index contributed by atoms with van der Waals surface area (Å²) in [5, 5.41) is 7.08. The topological polar surface area (TPSA) is 24.1 Å².